The number of fused-ring (bicyclic) bond motifs is 1. The number of rotatable bonds is 10. The Balaban J connectivity index is 1.54. The Morgan fingerprint density at radius 3 is 2.73 bits per heavy atom. The summed E-state index contributed by atoms with van der Waals surface area (Å²) in [5.74, 6) is 0.321. The van der Waals surface area contributed by atoms with E-state index < -0.39 is 5.82 Å². The number of hydrogen-bond donors (Lipinski definition) is 0. The van der Waals surface area contributed by atoms with Crippen LogP contribution in [0.15, 0.2) is 60.0 Å². The van der Waals surface area contributed by atoms with Crippen molar-refractivity contribution in [3.8, 4) is 11.5 Å². The predicted molar refractivity (Wildman–Crippen MR) is 143 cm³/mol. The zero-order chi connectivity index (χ0) is 26.4. The lowest BCUT2D eigenvalue weighted by molar-refractivity contribution is -0.135. The Labute approximate surface area is 221 Å². The third kappa shape index (κ3) is 6.49. The summed E-state index contributed by atoms with van der Waals surface area (Å²) in [6, 6.07) is 14.9. The normalized spacial score (nSPS) is 14.8. The molecule has 0 radical (unpaired) electrons. The van der Waals surface area contributed by atoms with E-state index in [1.165, 1.54) is 10.9 Å². The van der Waals surface area contributed by atoms with Gasteiger partial charge in [-0.05, 0) is 66.1 Å². The summed E-state index contributed by atoms with van der Waals surface area (Å²) in [5, 5.41) is 2.01. The highest BCUT2D eigenvalue weighted by molar-refractivity contribution is 7.10. The lowest BCUT2D eigenvalue weighted by Gasteiger charge is -2.37. The van der Waals surface area contributed by atoms with Crippen LogP contribution in [-0.2, 0) is 11.2 Å². The van der Waals surface area contributed by atoms with E-state index in [4.69, 9.17) is 9.47 Å². The van der Waals surface area contributed by atoms with Crippen molar-refractivity contribution in [3.63, 3.8) is 0 Å². The van der Waals surface area contributed by atoms with Gasteiger partial charge < -0.3 is 19.3 Å². The zero-order valence-electron chi connectivity index (χ0n) is 21.5. The van der Waals surface area contributed by atoms with E-state index in [1.54, 1.807) is 70.7 Å². The van der Waals surface area contributed by atoms with Crippen LogP contribution < -0.4 is 9.47 Å². The number of para-hydroxylation sites is 1. The number of carbonyl (C=O) groups is 2. The molecule has 1 aliphatic heterocycles. The Morgan fingerprint density at radius 2 is 1.97 bits per heavy atom. The maximum atomic E-state index is 14.2. The second kappa shape index (κ2) is 12.2. The number of carbonyl (C=O) groups excluding carboxylic acids is 2. The third-order valence-corrected chi connectivity index (χ3v) is 7.55. The molecule has 196 valence electrons. The molecule has 3 aromatic rings. The Kier molecular flexibility index (Phi) is 8.82. The van der Waals surface area contributed by atoms with Gasteiger partial charge in [0.2, 0.25) is 5.91 Å². The fraction of sp³-hybridized carbons (Fsp3) is 0.379. The fourth-order valence-corrected chi connectivity index (χ4v) is 5.39. The van der Waals surface area contributed by atoms with Crippen LogP contribution in [-0.4, -0.2) is 55.0 Å². The molecule has 6 nitrogen and oxygen atoms in total. The van der Waals surface area contributed by atoms with Crippen LogP contribution in [0.25, 0.3) is 0 Å². The summed E-state index contributed by atoms with van der Waals surface area (Å²) in [7, 11) is 1.56. The van der Waals surface area contributed by atoms with Crippen LogP contribution in [0.4, 0.5) is 4.39 Å². The Morgan fingerprint density at radius 1 is 1.16 bits per heavy atom. The molecule has 0 saturated heterocycles. The van der Waals surface area contributed by atoms with Crippen LogP contribution in [0.3, 0.4) is 0 Å². The summed E-state index contributed by atoms with van der Waals surface area (Å²) in [5.41, 5.74) is 1.50. The van der Waals surface area contributed by atoms with Gasteiger partial charge in [-0.2, -0.15) is 0 Å². The van der Waals surface area contributed by atoms with Crippen molar-refractivity contribution in [2.75, 3.05) is 33.4 Å². The van der Waals surface area contributed by atoms with Crippen molar-refractivity contribution in [1.82, 2.24) is 9.80 Å². The van der Waals surface area contributed by atoms with Gasteiger partial charge in [-0.15, -0.1) is 11.3 Å². The molecule has 0 bridgehead atoms. The van der Waals surface area contributed by atoms with E-state index in [0.29, 0.717) is 30.3 Å². The largest absolute Gasteiger partial charge is 0.497 e. The van der Waals surface area contributed by atoms with Crippen LogP contribution in [0.5, 0.6) is 11.5 Å². The molecule has 37 heavy (non-hydrogen) atoms. The average Bonchev–Trinajstić information content (AvgIpc) is 3.39. The number of thiophene rings is 1. The molecule has 2 aromatic carbocycles. The SMILES string of the molecule is COc1cccc(C(=O)N(CCC(C)C)CC(=O)N2CCc3sccc3C2COc2ccccc2F)c1. The molecule has 1 aromatic heterocycles. The van der Waals surface area contributed by atoms with Crippen molar-refractivity contribution in [2.24, 2.45) is 5.92 Å². The van der Waals surface area contributed by atoms with E-state index in [9.17, 15) is 14.0 Å². The van der Waals surface area contributed by atoms with E-state index in [1.807, 2.05) is 11.4 Å². The number of ether oxygens (including phenoxy) is 2. The lowest BCUT2D eigenvalue weighted by Crippen LogP contribution is -2.48. The molecular formula is C29H33FN2O4S. The monoisotopic (exact) mass is 524 g/mol. The van der Waals surface area contributed by atoms with E-state index in [0.717, 1.165) is 18.4 Å². The first-order chi connectivity index (χ1) is 17.9. The van der Waals surface area contributed by atoms with Crippen LogP contribution in [0.2, 0.25) is 0 Å². The molecular weight excluding hydrogens is 491 g/mol. The molecule has 0 spiro atoms. The van der Waals surface area contributed by atoms with Gasteiger partial charge >= 0.3 is 0 Å². The maximum Gasteiger partial charge on any atom is 0.254 e. The van der Waals surface area contributed by atoms with Gasteiger partial charge in [0, 0.05) is 23.5 Å². The topological polar surface area (TPSA) is 59.1 Å². The summed E-state index contributed by atoms with van der Waals surface area (Å²) in [6.45, 7) is 5.25. The van der Waals surface area contributed by atoms with Crippen LogP contribution in [0, 0.1) is 11.7 Å². The minimum atomic E-state index is -0.439. The van der Waals surface area contributed by atoms with E-state index >= 15 is 0 Å². The van der Waals surface area contributed by atoms with Gasteiger partial charge in [0.05, 0.1) is 13.2 Å². The fourth-order valence-electron chi connectivity index (χ4n) is 4.46. The standard InChI is InChI=1S/C29H33FN2O4S/c1-20(2)11-14-31(29(34)21-7-6-8-22(17-21)35-3)18-28(33)32-15-12-27-23(13-16-37-27)25(32)19-36-26-10-5-4-9-24(26)30/h4-10,13,16-17,20,25H,11-12,14-15,18-19H2,1-3H3. The Bertz CT molecular complexity index is 1230. The van der Waals surface area contributed by atoms with Gasteiger partial charge in [-0.1, -0.05) is 32.0 Å². The predicted octanol–water partition coefficient (Wildman–Crippen LogP) is 5.59. The molecule has 0 fully saturated rings. The lowest BCUT2D eigenvalue weighted by atomic mass is 10.00. The van der Waals surface area contributed by atoms with Crippen molar-refractivity contribution in [2.45, 2.75) is 32.7 Å². The molecule has 1 unspecified atom stereocenters. The number of hydrogen-bond acceptors (Lipinski definition) is 5. The molecule has 0 aliphatic carbocycles. The molecule has 8 heteroatoms. The number of methoxy groups -OCH3 is 1. The van der Waals surface area contributed by atoms with Crippen LogP contribution >= 0.6 is 11.3 Å². The first-order valence-electron chi connectivity index (χ1n) is 12.5. The van der Waals surface area contributed by atoms with Crippen molar-refractivity contribution in [3.05, 3.63) is 81.8 Å². The van der Waals surface area contributed by atoms with Gasteiger partial charge in [0.15, 0.2) is 11.6 Å². The first-order valence-corrected chi connectivity index (χ1v) is 13.4. The average molecular weight is 525 g/mol. The van der Waals surface area contributed by atoms with Gasteiger partial charge in [0.25, 0.3) is 5.91 Å². The summed E-state index contributed by atoms with van der Waals surface area (Å²) < 4.78 is 25.3. The molecule has 1 aliphatic rings. The van der Waals surface area contributed by atoms with Gasteiger partial charge in [-0.3, -0.25) is 9.59 Å². The van der Waals surface area contributed by atoms with Gasteiger partial charge in [0.1, 0.15) is 18.9 Å². The summed E-state index contributed by atoms with van der Waals surface area (Å²) >= 11 is 1.65. The molecule has 0 N–H and O–H groups in total. The number of nitrogens with zero attached hydrogens (tertiary/aromatic N) is 2. The first kappa shape index (κ1) is 26.7. The van der Waals surface area contributed by atoms with Gasteiger partial charge in [-0.25, -0.2) is 4.39 Å². The number of halogens is 1. The minimum Gasteiger partial charge on any atom is -0.497 e. The van der Waals surface area contributed by atoms with Crippen LogP contribution in [0.1, 0.15) is 47.1 Å². The quantitative estimate of drug-likeness (QED) is 0.347. The highest BCUT2D eigenvalue weighted by atomic mass is 32.1. The smallest absolute Gasteiger partial charge is 0.254 e. The van der Waals surface area contributed by atoms with Crippen molar-refractivity contribution >= 4 is 23.2 Å². The summed E-state index contributed by atoms with van der Waals surface area (Å²) in [4.78, 5) is 31.8. The van der Waals surface area contributed by atoms with Crippen molar-refractivity contribution in [1.29, 1.82) is 0 Å². The highest BCUT2D eigenvalue weighted by Crippen LogP contribution is 2.34. The van der Waals surface area contributed by atoms with Crippen molar-refractivity contribution < 1.29 is 23.5 Å². The zero-order valence-corrected chi connectivity index (χ0v) is 22.3. The summed E-state index contributed by atoms with van der Waals surface area (Å²) in [6.07, 6.45) is 1.52. The van der Waals surface area contributed by atoms with E-state index in [2.05, 4.69) is 13.8 Å². The molecule has 2 amide bonds. The number of amides is 2. The molecule has 1 atom stereocenters. The molecule has 2 heterocycles. The second-order valence-corrected chi connectivity index (χ2v) is 10.5. The Hall–Kier alpha value is -3.39. The molecule has 4 rings (SSSR count). The highest BCUT2D eigenvalue weighted by Gasteiger charge is 2.34. The second-order valence-electron chi connectivity index (χ2n) is 9.53. The maximum absolute atomic E-state index is 14.2. The minimum absolute atomic E-state index is 0.0432. The van der Waals surface area contributed by atoms with E-state index in [-0.39, 0.29) is 36.8 Å². The third-order valence-electron chi connectivity index (χ3n) is 6.55. The number of benzene rings is 2. The molecule has 0 saturated carbocycles.